The van der Waals surface area contributed by atoms with Crippen molar-refractivity contribution in [3.63, 3.8) is 0 Å². The minimum atomic E-state index is -0.133. The Kier molecular flexibility index (Phi) is 6.64. The van der Waals surface area contributed by atoms with E-state index in [2.05, 4.69) is 20.2 Å². The van der Waals surface area contributed by atoms with Crippen LogP contribution in [0.25, 0.3) is 10.3 Å². The summed E-state index contributed by atoms with van der Waals surface area (Å²) in [5, 5.41) is 4.30. The Morgan fingerprint density at radius 3 is 2.80 bits per heavy atom. The molecule has 0 bridgehead atoms. The lowest BCUT2D eigenvalue weighted by molar-refractivity contribution is -0.113. The third kappa shape index (κ3) is 4.50. The SMILES string of the molecule is CCn1c(SCC(=O)Nc2cccc(SC)c2)nc2nc(N3CCCC3)sc2c1=O. The molecule has 1 aliphatic rings. The van der Waals surface area contributed by atoms with Crippen molar-refractivity contribution >= 4 is 61.9 Å². The van der Waals surface area contributed by atoms with Crippen LogP contribution in [0.1, 0.15) is 19.8 Å². The van der Waals surface area contributed by atoms with E-state index in [4.69, 9.17) is 0 Å². The molecule has 30 heavy (non-hydrogen) atoms. The smallest absolute Gasteiger partial charge is 0.273 e. The Bertz CT molecular complexity index is 1120. The predicted octanol–water partition coefficient (Wildman–Crippen LogP) is 3.93. The van der Waals surface area contributed by atoms with Crippen LogP contribution in [-0.4, -0.2) is 45.5 Å². The van der Waals surface area contributed by atoms with Crippen LogP contribution < -0.4 is 15.8 Å². The first-order chi connectivity index (χ1) is 14.6. The van der Waals surface area contributed by atoms with E-state index in [0.717, 1.165) is 41.6 Å². The number of thioether (sulfide) groups is 2. The first-order valence-corrected chi connectivity index (χ1v) is 12.8. The average molecular weight is 462 g/mol. The molecule has 0 atom stereocenters. The number of hydrogen-bond acceptors (Lipinski definition) is 8. The Morgan fingerprint density at radius 2 is 2.07 bits per heavy atom. The van der Waals surface area contributed by atoms with Gasteiger partial charge in [-0.1, -0.05) is 29.2 Å². The van der Waals surface area contributed by atoms with Gasteiger partial charge in [0.15, 0.2) is 15.9 Å². The van der Waals surface area contributed by atoms with E-state index in [1.165, 1.54) is 23.1 Å². The summed E-state index contributed by atoms with van der Waals surface area (Å²) in [6.45, 7) is 4.36. The number of fused-ring (bicyclic) bond motifs is 1. The number of anilines is 2. The van der Waals surface area contributed by atoms with Gasteiger partial charge >= 0.3 is 0 Å². The maximum absolute atomic E-state index is 13.0. The van der Waals surface area contributed by atoms with Crippen LogP contribution in [0.3, 0.4) is 0 Å². The van der Waals surface area contributed by atoms with Crippen LogP contribution in [0, 0.1) is 0 Å². The molecular formula is C20H23N5O2S3. The second-order valence-corrected chi connectivity index (χ2v) is 9.66. The van der Waals surface area contributed by atoms with Gasteiger partial charge in [0, 0.05) is 30.2 Å². The van der Waals surface area contributed by atoms with E-state index in [0.29, 0.717) is 22.0 Å². The summed E-state index contributed by atoms with van der Waals surface area (Å²) in [6.07, 6.45) is 4.30. The predicted molar refractivity (Wildman–Crippen MR) is 126 cm³/mol. The van der Waals surface area contributed by atoms with Crippen LogP contribution in [0.15, 0.2) is 39.1 Å². The molecule has 3 aromatic rings. The second kappa shape index (κ2) is 9.40. The fourth-order valence-corrected chi connectivity index (χ4v) is 5.65. The highest BCUT2D eigenvalue weighted by atomic mass is 32.2. The number of hydrogen-bond donors (Lipinski definition) is 1. The number of carbonyl (C=O) groups excluding carboxylic acids is 1. The minimum Gasteiger partial charge on any atom is -0.348 e. The zero-order valence-electron chi connectivity index (χ0n) is 16.9. The molecule has 1 N–H and O–H groups in total. The molecule has 4 rings (SSSR count). The molecule has 7 nitrogen and oxygen atoms in total. The Morgan fingerprint density at radius 1 is 1.27 bits per heavy atom. The Hall–Kier alpha value is -2.04. The molecule has 158 valence electrons. The molecular weight excluding hydrogens is 438 g/mol. The molecule has 0 aliphatic carbocycles. The molecule has 1 saturated heterocycles. The Labute approximate surface area is 187 Å². The molecule has 10 heteroatoms. The van der Waals surface area contributed by atoms with Crippen LogP contribution in [-0.2, 0) is 11.3 Å². The summed E-state index contributed by atoms with van der Waals surface area (Å²) in [4.78, 5) is 37.9. The summed E-state index contributed by atoms with van der Waals surface area (Å²) in [5.41, 5.74) is 1.16. The van der Waals surface area contributed by atoms with Crippen LogP contribution >= 0.6 is 34.9 Å². The number of nitrogens with zero attached hydrogens (tertiary/aromatic N) is 4. The standard InChI is InChI=1S/C20H23N5O2S3/c1-3-25-18(27)16-17(22-19(30-16)24-9-4-5-10-24)23-20(25)29-12-15(26)21-13-7-6-8-14(11-13)28-2/h6-8,11H,3-5,9-10,12H2,1-2H3,(H,21,26). The largest absolute Gasteiger partial charge is 0.348 e. The molecule has 0 spiro atoms. The van der Waals surface area contributed by atoms with Crippen molar-refractivity contribution in [2.75, 3.05) is 35.3 Å². The van der Waals surface area contributed by atoms with Crippen LogP contribution in [0.4, 0.5) is 10.8 Å². The van der Waals surface area contributed by atoms with Crippen molar-refractivity contribution in [2.24, 2.45) is 0 Å². The highest BCUT2D eigenvalue weighted by molar-refractivity contribution is 7.99. The van der Waals surface area contributed by atoms with Crippen LogP contribution in [0.5, 0.6) is 0 Å². The Balaban J connectivity index is 1.52. The first-order valence-electron chi connectivity index (χ1n) is 9.82. The third-order valence-corrected chi connectivity index (χ3v) is 7.64. The lowest BCUT2D eigenvalue weighted by Crippen LogP contribution is -2.23. The van der Waals surface area contributed by atoms with Crippen molar-refractivity contribution in [2.45, 2.75) is 36.4 Å². The quantitative estimate of drug-likeness (QED) is 0.422. The lowest BCUT2D eigenvalue weighted by Gasteiger charge is -2.11. The van der Waals surface area contributed by atoms with E-state index in [9.17, 15) is 9.59 Å². The van der Waals surface area contributed by atoms with Crippen molar-refractivity contribution in [1.29, 1.82) is 0 Å². The molecule has 1 amide bonds. The number of rotatable bonds is 7. The maximum atomic E-state index is 13.0. The van der Waals surface area contributed by atoms with Gasteiger partial charge in [0.25, 0.3) is 5.56 Å². The monoisotopic (exact) mass is 461 g/mol. The van der Waals surface area contributed by atoms with Gasteiger partial charge < -0.3 is 10.2 Å². The zero-order valence-corrected chi connectivity index (χ0v) is 19.3. The molecule has 0 unspecified atom stereocenters. The fraction of sp³-hybridized carbons (Fsp3) is 0.400. The number of carbonyl (C=O) groups is 1. The van der Waals surface area contributed by atoms with E-state index in [1.807, 2.05) is 37.4 Å². The normalized spacial score (nSPS) is 13.9. The van der Waals surface area contributed by atoms with E-state index >= 15 is 0 Å². The van der Waals surface area contributed by atoms with Gasteiger partial charge in [0.05, 0.1) is 5.75 Å². The van der Waals surface area contributed by atoms with E-state index < -0.39 is 0 Å². The number of benzene rings is 1. The minimum absolute atomic E-state index is 0.0824. The van der Waals surface area contributed by atoms with Gasteiger partial charge in [-0.15, -0.1) is 11.8 Å². The summed E-state index contributed by atoms with van der Waals surface area (Å²) in [6, 6.07) is 7.72. The topological polar surface area (TPSA) is 80.1 Å². The lowest BCUT2D eigenvalue weighted by atomic mass is 10.3. The molecule has 0 radical (unpaired) electrons. The summed E-state index contributed by atoms with van der Waals surface area (Å²) in [5.74, 6) is 0.0381. The maximum Gasteiger partial charge on any atom is 0.273 e. The molecule has 2 aromatic heterocycles. The van der Waals surface area contributed by atoms with Crippen molar-refractivity contribution in [3.8, 4) is 0 Å². The van der Waals surface area contributed by atoms with Crippen molar-refractivity contribution in [3.05, 3.63) is 34.6 Å². The highest BCUT2D eigenvalue weighted by Gasteiger charge is 2.20. The molecule has 1 aromatic carbocycles. The van der Waals surface area contributed by atoms with E-state index in [-0.39, 0.29) is 17.2 Å². The first kappa shape index (κ1) is 21.2. The summed E-state index contributed by atoms with van der Waals surface area (Å²) >= 11 is 4.31. The number of amides is 1. The molecule has 1 aliphatic heterocycles. The number of nitrogens with one attached hydrogen (secondary N) is 1. The summed E-state index contributed by atoms with van der Waals surface area (Å²) < 4.78 is 2.21. The zero-order chi connectivity index (χ0) is 21.1. The molecule has 3 heterocycles. The molecule has 1 fully saturated rings. The fourth-order valence-electron chi connectivity index (χ4n) is 3.34. The second-order valence-electron chi connectivity index (χ2n) is 6.86. The van der Waals surface area contributed by atoms with Crippen molar-refractivity contribution < 1.29 is 4.79 Å². The van der Waals surface area contributed by atoms with Gasteiger partial charge in [-0.05, 0) is 44.2 Å². The highest BCUT2D eigenvalue weighted by Crippen LogP contribution is 2.29. The number of thiazole rings is 1. The van der Waals surface area contributed by atoms with Gasteiger partial charge in [0.2, 0.25) is 5.91 Å². The number of aromatic nitrogens is 3. The van der Waals surface area contributed by atoms with Crippen molar-refractivity contribution in [1.82, 2.24) is 14.5 Å². The van der Waals surface area contributed by atoms with Gasteiger partial charge in [0.1, 0.15) is 4.70 Å². The van der Waals surface area contributed by atoms with Crippen LogP contribution in [0.2, 0.25) is 0 Å². The average Bonchev–Trinajstić information content (AvgIpc) is 3.42. The van der Waals surface area contributed by atoms with Gasteiger partial charge in [-0.25, -0.2) is 4.98 Å². The van der Waals surface area contributed by atoms with Gasteiger partial charge in [-0.3, -0.25) is 14.2 Å². The van der Waals surface area contributed by atoms with E-state index in [1.54, 1.807) is 16.3 Å². The summed E-state index contributed by atoms with van der Waals surface area (Å²) in [7, 11) is 0. The third-order valence-electron chi connectivity index (χ3n) is 4.85. The van der Waals surface area contributed by atoms with Gasteiger partial charge in [-0.2, -0.15) is 4.98 Å². The molecule has 0 saturated carbocycles.